The number of benzene rings is 1. The lowest BCUT2D eigenvalue weighted by molar-refractivity contribution is -0.139. The summed E-state index contributed by atoms with van der Waals surface area (Å²) in [5.41, 5.74) is -1.58. The molecule has 0 aromatic heterocycles. The second-order valence-electron chi connectivity index (χ2n) is 7.78. The summed E-state index contributed by atoms with van der Waals surface area (Å²) in [6.45, 7) is 3.87. The molecule has 0 aliphatic carbocycles. The molecule has 4 unspecified atom stereocenters. The average Bonchev–Trinajstić information content (AvgIpc) is 3.15. The molecular formula is C19H28F4N6O. The van der Waals surface area contributed by atoms with Crippen molar-refractivity contribution in [2.24, 2.45) is 0 Å². The van der Waals surface area contributed by atoms with Crippen molar-refractivity contribution in [3.05, 3.63) is 29.6 Å². The van der Waals surface area contributed by atoms with Crippen molar-refractivity contribution in [1.29, 1.82) is 0 Å². The number of amides is 2. The molecule has 2 saturated heterocycles. The van der Waals surface area contributed by atoms with E-state index in [4.69, 9.17) is 0 Å². The van der Waals surface area contributed by atoms with Gasteiger partial charge >= 0.3 is 12.2 Å². The zero-order valence-electron chi connectivity index (χ0n) is 16.7. The number of nitrogens with one attached hydrogen (secondary N) is 6. The third kappa shape index (κ3) is 6.53. The SMILES string of the molecule is CC1CC(NCCC2CCCN2)NC(NC(=O)Nc2ccc(F)c(C(F)(F)F)c2)N1. The summed E-state index contributed by atoms with van der Waals surface area (Å²) < 4.78 is 51.9. The fourth-order valence-electron chi connectivity index (χ4n) is 3.80. The molecule has 2 aliphatic rings. The highest BCUT2D eigenvalue weighted by Crippen LogP contribution is 2.32. The average molecular weight is 432 g/mol. The standard InChI is InChI=1S/C19H28F4N6O/c1-11-9-16(25-8-6-12-3-2-7-24-12)28-17(26-11)29-18(30)27-13-4-5-15(20)14(10-13)19(21,22)23/h4-5,10-12,16-17,24-26,28H,2-3,6-9H2,1H3,(H2,27,29,30). The Morgan fingerprint density at radius 3 is 2.77 bits per heavy atom. The van der Waals surface area contributed by atoms with Crippen molar-refractivity contribution in [1.82, 2.24) is 26.6 Å². The number of urea groups is 1. The minimum absolute atomic E-state index is 0.0180. The van der Waals surface area contributed by atoms with Crippen LogP contribution in [-0.4, -0.2) is 43.7 Å². The highest BCUT2D eigenvalue weighted by molar-refractivity contribution is 5.89. The van der Waals surface area contributed by atoms with E-state index in [1.165, 1.54) is 12.8 Å². The van der Waals surface area contributed by atoms with Gasteiger partial charge < -0.3 is 21.3 Å². The number of rotatable bonds is 6. The van der Waals surface area contributed by atoms with E-state index in [-0.39, 0.29) is 17.9 Å². The number of hydrogen-bond donors (Lipinski definition) is 6. The number of carbonyl (C=O) groups excluding carboxylic acids is 1. The lowest BCUT2D eigenvalue weighted by atomic mass is 10.1. The van der Waals surface area contributed by atoms with Crippen molar-refractivity contribution >= 4 is 11.7 Å². The summed E-state index contributed by atoms with van der Waals surface area (Å²) in [6, 6.07) is 2.27. The van der Waals surface area contributed by atoms with E-state index in [1.54, 1.807) is 0 Å². The van der Waals surface area contributed by atoms with Gasteiger partial charge in [0.2, 0.25) is 0 Å². The van der Waals surface area contributed by atoms with Crippen LogP contribution in [0.5, 0.6) is 0 Å². The second-order valence-corrected chi connectivity index (χ2v) is 7.78. The van der Waals surface area contributed by atoms with Crippen LogP contribution in [0.4, 0.5) is 28.0 Å². The van der Waals surface area contributed by atoms with E-state index in [2.05, 4.69) is 31.9 Å². The lowest BCUT2D eigenvalue weighted by Gasteiger charge is -2.37. The molecule has 1 aromatic rings. The van der Waals surface area contributed by atoms with Crippen LogP contribution >= 0.6 is 0 Å². The summed E-state index contributed by atoms with van der Waals surface area (Å²) in [5.74, 6) is -1.39. The quantitative estimate of drug-likeness (QED) is 0.389. The molecule has 3 rings (SSSR count). The van der Waals surface area contributed by atoms with Gasteiger partial charge in [0.15, 0.2) is 0 Å². The number of alkyl halides is 3. The number of hydrogen-bond acceptors (Lipinski definition) is 5. The minimum atomic E-state index is -4.84. The van der Waals surface area contributed by atoms with E-state index in [9.17, 15) is 22.4 Å². The van der Waals surface area contributed by atoms with Gasteiger partial charge in [0.05, 0.1) is 11.7 Å². The number of anilines is 1. The van der Waals surface area contributed by atoms with Gasteiger partial charge in [-0.15, -0.1) is 0 Å². The van der Waals surface area contributed by atoms with Gasteiger partial charge in [0.25, 0.3) is 0 Å². The third-order valence-corrected chi connectivity index (χ3v) is 5.26. The van der Waals surface area contributed by atoms with Crippen LogP contribution in [-0.2, 0) is 6.18 Å². The molecule has 1 aromatic carbocycles. The minimum Gasteiger partial charge on any atom is -0.314 e. The first-order valence-corrected chi connectivity index (χ1v) is 10.1. The fraction of sp³-hybridized carbons (Fsp3) is 0.632. The molecule has 30 heavy (non-hydrogen) atoms. The van der Waals surface area contributed by atoms with Crippen molar-refractivity contribution in [2.75, 3.05) is 18.4 Å². The molecule has 7 nitrogen and oxygen atoms in total. The molecule has 168 valence electrons. The predicted molar refractivity (Wildman–Crippen MR) is 105 cm³/mol. The Hall–Kier alpha value is -1.95. The Balaban J connectivity index is 1.49. The van der Waals surface area contributed by atoms with Crippen molar-refractivity contribution in [2.45, 2.75) is 63.3 Å². The van der Waals surface area contributed by atoms with E-state index >= 15 is 0 Å². The van der Waals surface area contributed by atoms with Gasteiger partial charge in [-0.25, -0.2) is 9.18 Å². The van der Waals surface area contributed by atoms with Gasteiger partial charge in [-0.2, -0.15) is 13.2 Å². The summed E-state index contributed by atoms with van der Waals surface area (Å²) in [4.78, 5) is 12.2. The molecular weight excluding hydrogens is 404 g/mol. The first kappa shape index (κ1) is 22.7. The molecule has 6 N–H and O–H groups in total. The Labute approximate surface area is 172 Å². The van der Waals surface area contributed by atoms with Crippen LogP contribution in [0, 0.1) is 5.82 Å². The van der Waals surface area contributed by atoms with E-state index < -0.39 is 29.9 Å². The number of halogens is 4. The highest BCUT2D eigenvalue weighted by Gasteiger charge is 2.34. The van der Waals surface area contributed by atoms with Crippen LogP contribution < -0.4 is 31.9 Å². The fourth-order valence-corrected chi connectivity index (χ4v) is 3.80. The third-order valence-electron chi connectivity index (χ3n) is 5.26. The Morgan fingerprint density at radius 2 is 2.07 bits per heavy atom. The van der Waals surface area contributed by atoms with Gasteiger partial charge in [0.1, 0.15) is 12.1 Å². The monoisotopic (exact) mass is 432 g/mol. The molecule has 2 amide bonds. The molecule has 0 bridgehead atoms. The Kier molecular flexibility index (Phi) is 7.50. The van der Waals surface area contributed by atoms with Gasteiger partial charge in [-0.1, -0.05) is 0 Å². The molecule has 2 aliphatic heterocycles. The summed E-state index contributed by atoms with van der Waals surface area (Å²) in [6.07, 6.45) is -1.22. The van der Waals surface area contributed by atoms with Crippen molar-refractivity contribution in [3.63, 3.8) is 0 Å². The van der Waals surface area contributed by atoms with Crippen LogP contribution in [0.3, 0.4) is 0 Å². The summed E-state index contributed by atoms with van der Waals surface area (Å²) >= 11 is 0. The van der Waals surface area contributed by atoms with Crippen LogP contribution in [0.2, 0.25) is 0 Å². The van der Waals surface area contributed by atoms with Crippen molar-refractivity contribution in [3.8, 4) is 0 Å². The smallest absolute Gasteiger partial charge is 0.314 e. The van der Waals surface area contributed by atoms with Gasteiger partial charge in [-0.05, 0) is 63.9 Å². The maximum atomic E-state index is 13.4. The van der Waals surface area contributed by atoms with Gasteiger partial charge in [-0.3, -0.25) is 10.6 Å². The molecule has 4 atom stereocenters. The molecule has 2 heterocycles. The zero-order valence-corrected chi connectivity index (χ0v) is 16.7. The molecule has 0 spiro atoms. The highest BCUT2D eigenvalue weighted by atomic mass is 19.4. The zero-order chi connectivity index (χ0) is 21.7. The maximum Gasteiger partial charge on any atom is 0.419 e. The number of carbonyl (C=O) groups is 1. The topological polar surface area (TPSA) is 89.2 Å². The van der Waals surface area contributed by atoms with Crippen LogP contribution in [0.1, 0.15) is 38.2 Å². The Morgan fingerprint density at radius 1 is 1.27 bits per heavy atom. The first-order chi connectivity index (χ1) is 14.2. The first-order valence-electron chi connectivity index (χ1n) is 10.1. The predicted octanol–water partition coefficient (Wildman–Crippen LogP) is 2.28. The summed E-state index contributed by atoms with van der Waals surface area (Å²) in [5, 5.41) is 18.2. The molecule has 11 heteroatoms. The molecule has 0 saturated carbocycles. The summed E-state index contributed by atoms with van der Waals surface area (Å²) in [7, 11) is 0. The Bertz CT molecular complexity index is 725. The van der Waals surface area contributed by atoms with Crippen LogP contribution in [0.25, 0.3) is 0 Å². The normalized spacial score (nSPS) is 27.1. The van der Waals surface area contributed by atoms with E-state index in [0.29, 0.717) is 18.2 Å². The van der Waals surface area contributed by atoms with Crippen molar-refractivity contribution < 1.29 is 22.4 Å². The van der Waals surface area contributed by atoms with Crippen LogP contribution in [0.15, 0.2) is 18.2 Å². The largest absolute Gasteiger partial charge is 0.419 e. The molecule has 0 radical (unpaired) electrons. The maximum absolute atomic E-state index is 13.4. The van der Waals surface area contributed by atoms with Gasteiger partial charge in [0, 0.05) is 17.8 Å². The van der Waals surface area contributed by atoms with E-state index in [1.807, 2.05) is 6.92 Å². The second kappa shape index (κ2) is 9.90. The van der Waals surface area contributed by atoms with E-state index in [0.717, 1.165) is 32.0 Å². The lowest BCUT2D eigenvalue weighted by Crippen LogP contribution is -2.67. The molecule has 2 fully saturated rings.